The number of rotatable bonds is 10. The molecule has 0 aliphatic carbocycles. The first-order valence-corrected chi connectivity index (χ1v) is 13.8. The summed E-state index contributed by atoms with van der Waals surface area (Å²) in [6, 6.07) is -0.125. The molecule has 10 atom stereocenters. The minimum Gasteiger partial charge on any atom is -0.459 e. The minimum absolute atomic E-state index is 0.00326. The normalized spacial score (nSPS) is 37.7. The number of aliphatic hydroxyl groups is 1. The molecule has 2 amide bonds. The Labute approximate surface area is 230 Å². The van der Waals surface area contributed by atoms with Crippen LogP contribution in [0, 0.1) is 5.92 Å². The van der Waals surface area contributed by atoms with E-state index in [4.69, 9.17) is 24.7 Å². The van der Waals surface area contributed by atoms with E-state index in [2.05, 4.69) is 18.3 Å². The fraction of sp³-hybridized carbons (Fsp3) is 0.690. The van der Waals surface area contributed by atoms with Crippen LogP contribution in [0.25, 0.3) is 0 Å². The minimum atomic E-state index is -0.824. The third-order valence-electron chi connectivity index (χ3n) is 7.80. The van der Waals surface area contributed by atoms with E-state index in [-0.39, 0.29) is 42.6 Å². The molecule has 3 aliphatic heterocycles. The van der Waals surface area contributed by atoms with Crippen LogP contribution in [0.4, 0.5) is 0 Å². The Morgan fingerprint density at radius 2 is 1.87 bits per heavy atom. The van der Waals surface area contributed by atoms with E-state index in [0.29, 0.717) is 12.8 Å². The summed E-state index contributed by atoms with van der Waals surface area (Å²) in [4.78, 5) is 34.8. The molecule has 3 rings (SSSR count). The van der Waals surface area contributed by atoms with Gasteiger partial charge >= 0.3 is 5.97 Å². The van der Waals surface area contributed by atoms with Gasteiger partial charge in [-0.1, -0.05) is 30.7 Å². The van der Waals surface area contributed by atoms with Crippen LogP contribution >= 0.6 is 0 Å². The van der Waals surface area contributed by atoms with Crippen LogP contribution in [0.15, 0.2) is 36.0 Å². The topological polar surface area (TPSA) is 150 Å². The molecule has 10 nitrogen and oxygen atoms in total. The monoisotopic (exact) mass is 548 g/mol. The summed E-state index contributed by atoms with van der Waals surface area (Å²) < 4.78 is 22.9. The van der Waals surface area contributed by atoms with Crippen LogP contribution in [0.1, 0.15) is 67.2 Å². The third kappa shape index (κ3) is 8.48. The fourth-order valence-electron chi connectivity index (χ4n) is 5.50. The maximum absolute atomic E-state index is 12.3. The highest BCUT2D eigenvalue weighted by atomic mass is 16.6. The van der Waals surface area contributed by atoms with Crippen LogP contribution in [0.2, 0.25) is 0 Å². The Bertz CT molecular complexity index is 994. The first-order chi connectivity index (χ1) is 18.3. The predicted molar refractivity (Wildman–Crippen MR) is 144 cm³/mol. The van der Waals surface area contributed by atoms with Gasteiger partial charge in [-0.3, -0.25) is 14.4 Å². The average Bonchev–Trinajstić information content (AvgIpc) is 3.48. The smallest absolute Gasteiger partial charge is 0.303 e. The molecule has 0 aromatic heterocycles. The number of epoxide rings is 1. The SMILES string of the molecule is CC(=O)O[C@@H](C)/C=C\C(=O)N[C@@H]1C[C@H](C)[C@H](C/C=C(C)/C=C/[C@H]2O[C@H](CC(N)=O)C[C@]3(OC3C)[C@@H]2O)O[C@@H]1C. The van der Waals surface area contributed by atoms with Gasteiger partial charge in [-0.2, -0.15) is 0 Å². The molecule has 0 bridgehead atoms. The lowest BCUT2D eigenvalue weighted by molar-refractivity contribution is -0.144. The van der Waals surface area contributed by atoms with Gasteiger partial charge < -0.3 is 35.1 Å². The molecular formula is C29H44N2O8. The van der Waals surface area contributed by atoms with Gasteiger partial charge in [0, 0.05) is 19.4 Å². The molecule has 39 heavy (non-hydrogen) atoms. The van der Waals surface area contributed by atoms with E-state index in [9.17, 15) is 19.5 Å². The van der Waals surface area contributed by atoms with Crippen LogP contribution < -0.4 is 11.1 Å². The number of amides is 2. The zero-order chi connectivity index (χ0) is 28.9. The zero-order valence-electron chi connectivity index (χ0n) is 23.8. The summed E-state index contributed by atoms with van der Waals surface area (Å²) in [7, 11) is 0. The molecule has 4 N–H and O–H groups in total. The standard InChI is InChI=1S/C29H44N2O8/c1-16(8-11-25-28(35)29(20(5)39-29)15-22(38-25)14-26(30)33)7-10-24-17(2)13-23(19(4)37-24)31-27(34)12-9-18(3)36-21(6)32/h7-9,11-12,17-20,22-25,28,35H,10,13-15H2,1-6H3,(H2,30,33)(H,31,34)/b11-8+,12-9-,16-7+/t17-,18-,19+,20?,22+,23+,24-,25+,28+,29+/m0/s1. The van der Waals surface area contributed by atoms with Crippen molar-refractivity contribution in [3.63, 3.8) is 0 Å². The van der Waals surface area contributed by atoms with Crippen molar-refractivity contribution < 1.29 is 38.4 Å². The molecule has 0 aromatic rings. The van der Waals surface area contributed by atoms with Gasteiger partial charge in [-0.25, -0.2) is 0 Å². The number of hydrogen-bond acceptors (Lipinski definition) is 8. The van der Waals surface area contributed by atoms with Gasteiger partial charge in [0.05, 0.1) is 36.9 Å². The number of ether oxygens (including phenoxy) is 4. The zero-order valence-corrected chi connectivity index (χ0v) is 23.8. The predicted octanol–water partition coefficient (Wildman–Crippen LogP) is 2.24. The Hall–Kier alpha value is -2.53. The molecular weight excluding hydrogens is 504 g/mol. The second-order valence-corrected chi connectivity index (χ2v) is 11.2. The fourth-order valence-corrected chi connectivity index (χ4v) is 5.50. The Morgan fingerprint density at radius 3 is 2.49 bits per heavy atom. The molecule has 1 unspecified atom stereocenters. The summed E-state index contributed by atoms with van der Waals surface area (Å²) in [5.74, 6) is -0.874. The van der Waals surface area contributed by atoms with E-state index < -0.39 is 41.9 Å². The molecule has 1 spiro atoms. The molecule has 3 heterocycles. The summed E-state index contributed by atoms with van der Waals surface area (Å²) in [5, 5.41) is 13.9. The maximum atomic E-state index is 12.3. The first-order valence-electron chi connectivity index (χ1n) is 13.8. The number of nitrogens with two attached hydrogens (primary N) is 1. The lowest BCUT2D eigenvalue weighted by Crippen LogP contribution is -2.51. The molecule has 218 valence electrons. The molecule has 0 saturated carbocycles. The molecule has 10 heteroatoms. The van der Waals surface area contributed by atoms with Crippen molar-refractivity contribution in [1.82, 2.24) is 5.32 Å². The first kappa shape index (κ1) is 31.0. The number of primary amides is 1. The van der Waals surface area contributed by atoms with Crippen molar-refractivity contribution >= 4 is 17.8 Å². The van der Waals surface area contributed by atoms with Gasteiger partial charge in [-0.05, 0) is 52.5 Å². The van der Waals surface area contributed by atoms with Crippen molar-refractivity contribution in [2.45, 2.75) is 122 Å². The number of aliphatic hydroxyl groups excluding tert-OH is 1. The molecule has 3 saturated heterocycles. The van der Waals surface area contributed by atoms with Crippen molar-refractivity contribution in [1.29, 1.82) is 0 Å². The van der Waals surface area contributed by atoms with E-state index in [1.54, 1.807) is 13.0 Å². The van der Waals surface area contributed by atoms with Crippen LogP contribution in [0.3, 0.4) is 0 Å². The molecule has 0 radical (unpaired) electrons. The highest BCUT2D eigenvalue weighted by Gasteiger charge is 2.63. The van der Waals surface area contributed by atoms with Gasteiger partial charge in [0.1, 0.15) is 23.9 Å². The van der Waals surface area contributed by atoms with Crippen molar-refractivity contribution in [2.75, 3.05) is 0 Å². The van der Waals surface area contributed by atoms with Gasteiger partial charge in [0.25, 0.3) is 0 Å². The number of carbonyl (C=O) groups excluding carboxylic acids is 3. The van der Waals surface area contributed by atoms with Crippen molar-refractivity contribution in [2.24, 2.45) is 11.7 Å². The summed E-state index contributed by atoms with van der Waals surface area (Å²) in [5.41, 5.74) is 5.68. The van der Waals surface area contributed by atoms with Crippen molar-refractivity contribution in [3.8, 4) is 0 Å². The maximum Gasteiger partial charge on any atom is 0.303 e. The lowest BCUT2D eigenvalue weighted by Gasteiger charge is -2.39. The number of esters is 1. The molecule has 3 aliphatic rings. The van der Waals surface area contributed by atoms with Gasteiger partial charge in [-0.15, -0.1) is 0 Å². The van der Waals surface area contributed by atoms with Crippen LogP contribution in [-0.4, -0.2) is 77.3 Å². The third-order valence-corrected chi connectivity index (χ3v) is 7.80. The van der Waals surface area contributed by atoms with Crippen LogP contribution in [0.5, 0.6) is 0 Å². The summed E-state index contributed by atoms with van der Waals surface area (Å²) in [6.45, 7) is 11.0. The molecule has 0 aromatic carbocycles. The van der Waals surface area contributed by atoms with Gasteiger partial charge in [0.2, 0.25) is 11.8 Å². The average molecular weight is 549 g/mol. The second kappa shape index (κ2) is 13.2. The lowest BCUT2D eigenvalue weighted by atomic mass is 9.84. The van der Waals surface area contributed by atoms with Crippen molar-refractivity contribution in [3.05, 3.63) is 36.0 Å². The Balaban J connectivity index is 1.51. The highest BCUT2D eigenvalue weighted by Crippen LogP contribution is 2.49. The number of nitrogens with one attached hydrogen (secondary N) is 1. The Morgan fingerprint density at radius 1 is 1.18 bits per heavy atom. The highest BCUT2D eigenvalue weighted by molar-refractivity contribution is 5.87. The number of allylic oxidation sites excluding steroid dienone is 2. The van der Waals surface area contributed by atoms with E-state index in [1.165, 1.54) is 13.0 Å². The van der Waals surface area contributed by atoms with Crippen LogP contribution in [-0.2, 0) is 33.3 Å². The number of carbonyl (C=O) groups is 3. The second-order valence-electron chi connectivity index (χ2n) is 11.2. The van der Waals surface area contributed by atoms with E-state index in [1.807, 2.05) is 32.9 Å². The number of hydrogen-bond donors (Lipinski definition) is 3. The quantitative estimate of drug-likeness (QED) is 0.163. The summed E-state index contributed by atoms with van der Waals surface area (Å²) in [6.07, 6.45) is 8.19. The summed E-state index contributed by atoms with van der Waals surface area (Å²) >= 11 is 0. The van der Waals surface area contributed by atoms with E-state index in [0.717, 1.165) is 12.0 Å². The largest absolute Gasteiger partial charge is 0.459 e. The molecule has 3 fully saturated rings. The Kier molecular flexibility index (Phi) is 10.5. The van der Waals surface area contributed by atoms with E-state index >= 15 is 0 Å². The van der Waals surface area contributed by atoms with Gasteiger partial charge in [0.15, 0.2) is 0 Å².